The van der Waals surface area contributed by atoms with Gasteiger partial charge in [0.05, 0.1) is 8.66 Å². The Morgan fingerprint density at radius 2 is 2.26 bits per heavy atom. The highest BCUT2D eigenvalue weighted by Gasteiger charge is 2.26. The maximum absolute atomic E-state index is 11.9. The van der Waals surface area contributed by atoms with Gasteiger partial charge in [0, 0.05) is 24.1 Å². The Kier molecular flexibility index (Phi) is 4.86. The molecule has 19 heavy (non-hydrogen) atoms. The Hall–Kier alpha value is -0.600. The van der Waals surface area contributed by atoms with Crippen LogP contribution in [0.2, 0.25) is 0 Å². The molecule has 0 spiro atoms. The number of likely N-dealkylation sites (tertiary alicyclic amines) is 1. The van der Waals surface area contributed by atoms with Crippen molar-refractivity contribution in [1.29, 1.82) is 0 Å². The Morgan fingerprint density at radius 1 is 1.53 bits per heavy atom. The molecule has 2 amide bonds. The van der Waals surface area contributed by atoms with Crippen LogP contribution in [0.1, 0.15) is 16.1 Å². The van der Waals surface area contributed by atoms with Gasteiger partial charge in [0.25, 0.3) is 5.91 Å². The molecule has 2 heterocycles. The lowest BCUT2D eigenvalue weighted by atomic mass is 10.1. The first-order chi connectivity index (χ1) is 8.97. The zero-order valence-electron chi connectivity index (χ0n) is 9.86. The van der Waals surface area contributed by atoms with Crippen molar-refractivity contribution in [3.05, 3.63) is 19.2 Å². The first-order valence-corrected chi connectivity index (χ1v) is 8.08. The van der Waals surface area contributed by atoms with Gasteiger partial charge in [-0.15, -0.1) is 11.3 Å². The number of thiophene rings is 1. The third-order valence-electron chi connectivity index (χ3n) is 2.98. The number of hydrogen-bond acceptors (Lipinski definition) is 3. The van der Waals surface area contributed by atoms with E-state index in [1.165, 1.54) is 16.2 Å². The molecule has 1 aliphatic rings. The molecule has 0 aromatic carbocycles. The van der Waals surface area contributed by atoms with Crippen LogP contribution in [0.25, 0.3) is 0 Å². The van der Waals surface area contributed by atoms with Gasteiger partial charge in [0.15, 0.2) is 0 Å². The third kappa shape index (κ3) is 3.70. The van der Waals surface area contributed by atoms with Crippen LogP contribution in [-0.4, -0.2) is 41.6 Å². The monoisotopic (exact) mass is 410 g/mol. The molecule has 5 nitrogen and oxygen atoms in total. The second-order valence-electron chi connectivity index (χ2n) is 4.33. The van der Waals surface area contributed by atoms with Gasteiger partial charge >= 0.3 is 6.09 Å². The summed E-state index contributed by atoms with van der Waals surface area (Å²) in [4.78, 5) is 24.7. The molecular formula is C11H12Br2N2O3S. The average molecular weight is 412 g/mol. The molecule has 2 N–H and O–H groups in total. The molecular weight excluding hydrogens is 400 g/mol. The van der Waals surface area contributed by atoms with Crippen LogP contribution in [0.5, 0.6) is 0 Å². The highest BCUT2D eigenvalue weighted by molar-refractivity contribution is 9.13. The Balaban J connectivity index is 1.83. The number of carbonyl (C=O) groups excluding carboxylic acids is 1. The number of amides is 2. The molecule has 1 aromatic rings. The van der Waals surface area contributed by atoms with Crippen molar-refractivity contribution in [3.63, 3.8) is 0 Å². The lowest BCUT2D eigenvalue weighted by Gasteiger charge is -2.12. The van der Waals surface area contributed by atoms with Crippen molar-refractivity contribution in [1.82, 2.24) is 10.2 Å². The fourth-order valence-electron chi connectivity index (χ4n) is 1.96. The van der Waals surface area contributed by atoms with Crippen LogP contribution in [-0.2, 0) is 0 Å². The molecule has 0 unspecified atom stereocenters. The van der Waals surface area contributed by atoms with Gasteiger partial charge in [0.2, 0.25) is 0 Å². The van der Waals surface area contributed by atoms with E-state index < -0.39 is 6.09 Å². The highest BCUT2D eigenvalue weighted by Crippen LogP contribution is 2.32. The number of nitrogens with zero attached hydrogens (tertiary/aromatic N) is 1. The summed E-state index contributed by atoms with van der Waals surface area (Å²) in [6.45, 7) is 1.55. The molecule has 0 bridgehead atoms. The van der Waals surface area contributed by atoms with Crippen LogP contribution in [0, 0.1) is 5.92 Å². The van der Waals surface area contributed by atoms with E-state index in [9.17, 15) is 9.59 Å². The number of nitrogens with one attached hydrogen (secondary N) is 1. The Morgan fingerprint density at radius 3 is 2.79 bits per heavy atom. The largest absolute Gasteiger partial charge is 0.465 e. The standard InChI is InChI=1S/C11H12Br2N2O3S/c12-7-3-8(19-9(7)13)10(16)14-4-6-1-2-15(5-6)11(17)18/h3,6H,1-2,4-5H2,(H,14,16)(H,17,18)/t6-/m1/s1. The lowest BCUT2D eigenvalue weighted by molar-refractivity contribution is 0.0951. The molecule has 1 saturated heterocycles. The number of halogens is 2. The normalized spacial score (nSPS) is 18.6. The predicted molar refractivity (Wildman–Crippen MR) is 79.8 cm³/mol. The quantitative estimate of drug-likeness (QED) is 0.803. The van der Waals surface area contributed by atoms with E-state index in [2.05, 4.69) is 37.2 Å². The molecule has 1 fully saturated rings. The zero-order chi connectivity index (χ0) is 14.0. The van der Waals surface area contributed by atoms with Crippen molar-refractivity contribution in [2.24, 2.45) is 5.92 Å². The zero-order valence-corrected chi connectivity index (χ0v) is 13.8. The summed E-state index contributed by atoms with van der Waals surface area (Å²) in [6, 6.07) is 1.77. The summed E-state index contributed by atoms with van der Waals surface area (Å²) in [6.07, 6.45) is -0.0929. The van der Waals surface area contributed by atoms with E-state index in [1.807, 2.05) is 0 Å². The van der Waals surface area contributed by atoms with Crippen molar-refractivity contribution < 1.29 is 14.7 Å². The van der Waals surface area contributed by atoms with Crippen molar-refractivity contribution in [2.45, 2.75) is 6.42 Å². The van der Waals surface area contributed by atoms with Gasteiger partial charge in [0.1, 0.15) is 0 Å². The second kappa shape index (κ2) is 6.23. The summed E-state index contributed by atoms with van der Waals surface area (Å²) in [7, 11) is 0. The van der Waals surface area contributed by atoms with Gasteiger partial charge < -0.3 is 15.3 Å². The van der Waals surface area contributed by atoms with E-state index in [4.69, 9.17) is 5.11 Å². The molecule has 0 saturated carbocycles. The molecule has 104 valence electrons. The van der Waals surface area contributed by atoms with Gasteiger partial charge in [-0.3, -0.25) is 4.79 Å². The van der Waals surface area contributed by atoms with E-state index in [0.717, 1.165) is 14.7 Å². The third-order valence-corrected chi connectivity index (χ3v) is 6.23. The fraction of sp³-hybridized carbons (Fsp3) is 0.455. The minimum absolute atomic E-state index is 0.120. The summed E-state index contributed by atoms with van der Waals surface area (Å²) < 4.78 is 1.75. The molecule has 0 radical (unpaired) electrons. The van der Waals surface area contributed by atoms with Gasteiger partial charge in [-0.2, -0.15) is 0 Å². The number of rotatable bonds is 3. The molecule has 0 aliphatic carbocycles. The van der Waals surface area contributed by atoms with Crippen molar-refractivity contribution in [2.75, 3.05) is 19.6 Å². The van der Waals surface area contributed by atoms with Crippen LogP contribution in [0.4, 0.5) is 4.79 Å². The first kappa shape index (κ1) is 14.8. The van der Waals surface area contributed by atoms with Gasteiger partial charge in [-0.1, -0.05) is 0 Å². The summed E-state index contributed by atoms with van der Waals surface area (Å²) in [5.41, 5.74) is 0. The topological polar surface area (TPSA) is 69.6 Å². The highest BCUT2D eigenvalue weighted by atomic mass is 79.9. The van der Waals surface area contributed by atoms with Gasteiger partial charge in [-0.05, 0) is 50.3 Å². The Labute approximate surface area is 131 Å². The fourth-order valence-corrected chi connectivity index (χ4v) is 3.91. The lowest BCUT2D eigenvalue weighted by Crippen LogP contribution is -2.32. The second-order valence-corrected chi connectivity index (χ2v) is 7.55. The first-order valence-electron chi connectivity index (χ1n) is 5.68. The minimum Gasteiger partial charge on any atom is -0.465 e. The van der Waals surface area contributed by atoms with E-state index in [-0.39, 0.29) is 11.8 Å². The number of carbonyl (C=O) groups is 2. The van der Waals surface area contributed by atoms with Crippen molar-refractivity contribution in [3.8, 4) is 0 Å². The molecule has 8 heteroatoms. The number of carboxylic acid groups (broad SMARTS) is 1. The maximum Gasteiger partial charge on any atom is 0.407 e. The van der Waals surface area contributed by atoms with Crippen LogP contribution < -0.4 is 5.32 Å². The smallest absolute Gasteiger partial charge is 0.407 e. The van der Waals surface area contributed by atoms with E-state index in [0.29, 0.717) is 24.5 Å². The average Bonchev–Trinajstić information content (AvgIpc) is 2.94. The molecule has 1 atom stereocenters. The summed E-state index contributed by atoms with van der Waals surface area (Å²) >= 11 is 8.05. The minimum atomic E-state index is -0.889. The van der Waals surface area contributed by atoms with Crippen LogP contribution >= 0.6 is 43.2 Å². The molecule has 1 aliphatic heterocycles. The molecule has 1 aromatic heterocycles. The Bertz CT molecular complexity index is 487. The summed E-state index contributed by atoms with van der Waals surface area (Å²) in [5, 5.41) is 11.7. The SMILES string of the molecule is O=C(NC[C@H]1CCN(C(=O)O)C1)c1cc(Br)c(Br)s1. The maximum atomic E-state index is 11.9. The van der Waals surface area contributed by atoms with E-state index in [1.54, 1.807) is 6.07 Å². The van der Waals surface area contributed by atoms with E-state index >= 15 is 0 Å². The summed E-state index contributed by atoms with van der Waals surface area (Å²) in [5.74, 6) is 0.0806. The predicted octanol–water partition coefficient (Wildman–Crippen LogP) is 3.00. The molecule has 2 rings (SSSR count). The van der Waals surface area contributed by atoms with Crippen LogP contribution in [0.15, 0.2) is 14.3 Å². The number of hydrogen-bond donors (Lipinski definition) is 2. The van der Waals surface area contributed by atoms with Crippen molar-refractivity contribution >= 4 is 55.2 Å². The van der Waals surface area contributed by atoms with Crippen LogP contribution in [0.3, 0.4) is 0 Å². The van der Waals surface area contributed by atoms with Gasteiger partial charge in [-0.25, -0.2) is 4.79 Å².